The molecule has 0 aliphatic rings. The van der Waals surface area contributed by atoms with E-state index in [4.69, 9.17) is 0 Å². The third-order valence-corrected chi connectivity index (χ3v) is 1.79. The number of halogens is 2. The van der Waals surface area contributed by atoms with Crippen LogP contribution in [0.1, 0.15) is 17.4 Å². The predicted octanol–water partition coefficient (Wildman–Crippen LogP) is 1.86. The van der Waals surface area contributed by atoms with Crippen LogP contribution in [-0.2, 0) is 11.3 Å². The van der Waals surface area contributed by atoms with Crippen LogP contribution in [0, 0.1) is 5.95 Å². The summed E-state index contributed by atoms with van der Waals surface area (Å²) in [5.74, 6) is -0.913. The average Bonchev–Trinajstić information content (AvgIpc) is 2.55. The van der Waals surface area contributed by atoms with Crippen LogP contribution >= 0.6 is 0 Å². The fourth-order valence-electron chi connectivity index (χ4n) is 1.10. The Balaban J connectivity index is 3.26. The zero-order chi connectivity index (χ0) is 11.4. The molecule has 0 spiro atoms. The third kappa shape index (κ3) is 2.01. The van der Waals surface area contributed by atoms with Crippen LogP contribution in [0.5, 0.6) is 0 Å². The Morgan fingerprint density at radius 1 is 1.60 bits per heavy atom. The number of hydrogen-bond donors (Lipinski definition) is 0. The van der Waals surface area contributed by atoms with E-state index in [1.807, 2.05) is 0 Å². The molecule has 1 heterocycles. The molecule has 0 aromatic carbocycles. The van der Waals surface area contributed by atoms with Gasteiger partial charge in [-0.3, -0.25) is 4.79 Å². The van der Waals surface area contributed by atoms with Gasteiger partial charge in [0.2, 0.25) is 12.2 Å². The van der Waals surface area contributed by atoms with E-state index in [9.17, 15) is 13.6 Å². The Bertz CT molecular complexity index is 398. The maximum atomic E-state index is 13.4. The van der Waals surface area contributed by atoms with Crippen molar-refractivity contribution in [2.75, 3.05) is 0 Å². The highest BCUT2D eigenvalue weighted by atomic mass is 19.1. The number of nitrogens with zero attached hydrogens (tertiary/aromatic N) is 2. The van der Waals surface area contributed by atoms with Crippen molar-refractivity contribution >= 4 is 6.29 Å². The zero-order valence-corrected chi connectivity index (χ0v) is 7.91. The molecule has 15 heavy (non-hydrogen) atoms. The summed E-state index contributed by atoms with van der Waals surface area (Å²) >= 11 is 0. The minimum Gasteiger partial charge on any atom is -0.285 e. The van der Waals surface area contributed by atoms with Crippen LogP contribution in [0.15, 0.2) is 25.3 Å². The molecule has 1 rings (SSSR count). The molecular formula is C10H9F2N2O. The first-order valence-electron chi connectivity index (χ1n) is 4.17. The summed E-state index contributed by atoms with van der Waals surface area (Å²) in [5.41, 5.74) is -0.802. The smallest absolute Gasteiger partial charge is 0.240 e. The molecule has 1 unspecified atom stereocenters. The number of rotatable bonds is 5. The Hall–Kier alpha value is -1.78. The summed E-state index contributed by atoms with van der Waals surface area (Å²) in [6.45, 7) is 6.65. The van der Waals surface area contributed by atoms with Crippen LogP contribution in [0.2, 0.25) is 0 Å². The second kappa shape index (κ2) is 4.63. The van der Waals surface area contributed by atoms with Gasteiger partial charge in [0, 0.05) is 0 Å². The summed E-state index contributed by atoms with van der Waals surface area (Å²) in [6.07, 6.45) is 1.96. The summed E-state index contributed by atoms with van der Waals surface area (Å²) in [6, 6.07) is 0. The van der Waals surface area contributed by atoms with Gasteiger partial charge in [0.1, 0.15) is 11.3 Å². The van der Waals surface area contributed by atoms with Crippen molar-refractivity contribution in [1.82, 2.24) is 9.78 Å². The van der Waals surface area contributed by atoms with Gasteiger partial charge in [-0.15, -0.1) is 6.58 Å². The standard InChI is InChI=1S/C10H9F2N2O/c1-3-5-14-10(12)7(6-15)9(13-14)8(11)4-2/h3-4,8H,1-2,5H2. The van der Waals surface area contributed by atoms with Crippen molar-refractivity contribution in [2.24, 2.45) is 0 Å². The van der Waals surface area contributed by atoms with Crippen LogP contribution in [-0.4, -0.2) is 16.1 Å². The van der Waals surface area contributed by atoms with Crippen molar-refractivity contribution in [1.29, 1.82) is 0 Å². The van der Waals surface area contributed by atoms with Gasteiger partial charge in [0.15, 0.2) is 6.17 Å². The molecule has 0 aliphatic carbocycles. The lowest BCUT2D eigenvalue weighted by Gasteiger charge is -1.96. The van der Waals surface area contributed by atoms with Gasteiger partial charge in [-0.1, -0.05) is 18.7 Å². The molecule has 0 bridgehead atoms. The molecule has 1 aromatic heterocycles. The Morgan fingerprint density at radius 3 is 2.73 bits per heavy atom. The minimum absolute atomic E-state index is 0.0599. The summed E-state index contributed by atoms with van der Waals surface area (Å²) in [4.78, 5) is 10.4. The van der Waals surface area contributed by atoms with Crippen molar-refractivity contribution < 1.29 is 13.6 Å². The van der Waals surface area contributed by atoms with E-state index in [2.05, 4.69) is 18.3 Å². The Labute approximate surface area is 85.7 Å². The number of hydrogen-bond acceptors (Lipinski definition) is 2. The maximum absolute atomic E-state index is 13.4. The van der Waals surface area contributed by atoms with Gasteiger partial charge < -0.3 is 0 Å². The molecule has 1 radical (unpaired) electrons. The summed E-state index contributed by atoms with van der Waals surface area (Å²) in [7, 11) is 0. The van der Waals surface area contributed by atoms with E-state index in [0.717, 1.165) is 10.8 Å². The lowest BCUT2D eigenvalue weighted by atomic mass is 10.2. The topological polar surface area (TPSA) is 34.9 Å². The minimum atomic E-state index is -1.68. The summed E-state index contributed by atoms with van der Waals surface area (Å²) in [5, 5.41) is 3.60. The Morgan fingerprint density at radius 2 is 2.27 bits per heavy atom. The largest absolute Gasteiger partial charge is 0.285 e. The van der Waals surface area contributed by atoms with E-state index in [1.165, 1.54) is 12.4 Å². The first-order chi connectivity index (χ1) is 7.15. The van der Waals surface area contributed by atoms with Gasteiger partial charge in [-0.25, -0.2) is 9.07 Å². The van der Waals surface area contributed by atoms with E-state index >= 15 is 0 Å². The predicted molar refractivity (Wildman–Crippen MR) is 51.2 cm³/mol. The number of aromatic nitrogens is 2. The van der Waals surface area contributed by atoms with Gasteiger partial charge >= 0.3 is 0 Å². The second-order valence-corrected chi connectivity index (χ2v) is 2.76. The highest BCUT2D eigenvalue weighted by molar-refractivity contribution is 5.77. The van der Waals surface area contributed by atoms with Gasteiger partial charge in [-0.05, 0) is 0 Å². The van der Waals surface area contributed by atoms with Gasteiger partial charge in [-0.2, -0.15) is 9.49 Å². The molecule has 0 amide bonds. The number of allylic oxidation sites excluding steroid dienone is 2. The SMILES string of the molecule is C=CCn1nc(C(F)C=C)c([C]=O)c1F. The van der Waals surface area contributed by atoms with Gasteiger partial charge in [0.25, 0.3) is 0 Å². The van der Waals surface area contributed by atoms with Crippen molar-refractivity contribution in [3.63, 3.8) is 0 Å². The van der Waals surface area contributed by atoms with Crippen LogP contribution in [0.4, 0.5) is 8.78 Å². The average molecular weight is 211 g/mol. The zero-order valence-electron chi connectivity index (χ0n) is 7.91. The first-order valence-corrected chi connectivity index (χ1v) is 4.17. The van der Waals surface area contributed by atoms with Crippen molar-refractivity contribution in [3.8, 4) is 0 Å². The molecular weight excluding hydrogens is 202 g/mol. The second-order valence-electron chi connectivity index (χ2n) is 2.76. The monoisotopic (exact) mass is 211 g/mol. The number of alkyl halides is 1. The fourth-order valence-corrected chi connectivity index (χ4v) is 1.10. The molecule has 1 atom stereocenters. The quantitative estimate of drug-likeness (QED) is 0.697. The van der Waals surface area contributed by atoms with Crippen LogP contribution in [0.25, 0.3) is 0 Å². The van der Waals surface area contributed by atoms with Crippen LogP contribution < -0.4 is 0 Å². The van der Waals surface area contributed by atoms with Crippen molar-refractivity contribution in [2.45, 2.75) is 12.7 Å². The maximum Gasteiger partial charge on any atom is 0.240 e. The summed E-state index contributed by atoms with van der Waals surface area (Å²) < 4.78 is 27.4. The highest BCUT2D eigenvalue weighted by Gasteiger charge is 2.22. The Kier molecular flexibility index (Phi) is 3.49. The first kappa shape index (κ1) is 11.3. The molecule has 0 saturated carbocycles. The van der Waals surface area contributed by atoms with E-state index in [0.29, 0.717) is 0 Å². The molecule has 0 aliphatic heterocycles. The normalized spacial score (nSPS) is 12.1. The molecule has 0 fully saturated rings. The molecule has 1 aromatic rings. The molecule has 79 valence electrons. The van der Waals surface area contributed by atoms with Crippen LogP contribution in [0.3, 0.4) is 0 Å². The molecule has 0 N–H and O–H groups in total. The lowest BCUT2D eigenvalue weighted by Crippen LogP contribution is -2.01. The fraction of sp³-hybridized carbons (Fsp3) is 0.200. The van der Waals surface area contributed by atoms with Gasteiger partial charge in [0.05, 0.1) is 6.54 Å². The molecule has 0 saturated heterocycles. The third-order valence-electron chi connectivity index (χ3n) is 1.79. The molecule has 3 nitrogen and oxygen atoms in total. The van der Waals surface area contributed by atoms with E-state index in [-0.39, 0.29) is 12.2 Å². The number of carbonyl (C=O) groups excluding carboxylic acids is 1. The molecule has 5 heteroatoms. The van der Waals surface area contributed by atoms with E-state index in [1.54, 1.807) is 0 Å². The highest BCUT2D eigenvalue weighted by Crippen LogP contribution is 2.22. The van der Waals surface area contributed by atoms with Crippen molar-refractivity contribution in [3.05, 3.63) is 42.5 Å². The lowest BCUT2D eigenvalue weighted by molar-refractivity contribution is 0.400. The van der Waals surface area contributed by atoms with E-state index < -0.39 is 17.7 Å².